The number of carbonyl (C=O) groups excluding carboxylic acids is 1. The highest BCUT2D eigenvalue weighted by Gasteiger charge is 2.22. The number of rotatable bonds is 4. The molecule has 1 N–H and O–H groups in total. The lowest BCUT2D eigenvalue weighted by molar-refractivity contribution is -0.384. The van der Waals surface area contributed by atoms with Crippen molar-refractivity contribution in [2.45, 2.75) is 0 Å². The van der Waals surface area contributed by atoms with Gasteiger partial charge in [-0.25, -0.2) is 4.68 Å². The molecule has 0 fully saturated rings. The summed E-state index contributed by atoms with van der Waals surface area (Å²) in [7, 11) is 0. The van der Waals surface area contributed by atoms with Gasteiger partial charge in [-0.3, -0.25) is 24.8 Å². The maximum atomic E-state index is 12.5. The summed E-state index contributed by atoms with van der Waals surface area (Å²) < 4.78 is 1.14. The van der Waals surface area contributed by atoms with Crippen LogP contribution in [0.3, 0.4) is 0 Å². The third-order valence-corrected chi connectivity index (χ3v) is 3.75. The van der Waals surface area contributed by atoms with Gasteiger partial charge in [0.2, 0.25) is 0 Å². The fourth-order valence-electron chi connectivity index (χ4n) is 2.38. The Labute approximate surface area is 140 Å². The number of nitrogens with one attached hydrogen (secondary N) is 1. The molecule has 0 unspecified atom stereocenters. The van der Waals surface area contributed by atoms with Crippen LogP contribution in [0.25, 0.3) is 16.9 Å². The van der Waals surface area contributed by atoms with Crippen molar-refractivity contribution < 1.29 is 9.72 Å². The van der Waals surface area contributed by atoms with Crippen molar-refractivity contribution >= 4 is 23.6 Å². The number of benzene rings is 2. The number of nitro groups is 1. The second kappa shape index (κ2) is 6.13. The summed E-state index contributed by atoms with van der Waals surface area (Å²) in [5.74, 6) is 0. The highest BCUT2D eigenvalue weighted by atomic mass is 35.5. The van der Waals surface area contributed by atoms with Crippen molar-refractivity contribution in [1.82, 2.24) is 9.78 Å². The molecule has 0 aliphatic carbocycles. The minimum absolute atomic E-state index is 0.0947. The van der Waals surface area contributed by atoms with Gasteiger partial charge < -0.3 is 0 Å². The van der Waals surface area contributed by atoms with Gasteiger partial charge in [0.25, 0.3) is 11.2 Å². The Kier molecular flexibility index (Phi) is 4.01. The van der Waals surface area contributed by atoms with Gasteiger partial charge in [0.1, 0.15) is 5.56 Å². The highest BCUT2D eigenvalue weighted by Crippen LogP contribution is 2.29. The van der Waals surface area contributed by atoms with Gasteiger partial charge in [0.15, 0.2) is 6.29 Å². The molecule has 0 spiro atoms. The highest BCUT2D eigenvalue weighted by molar-refractivity contribution is 6.30. The van der Waals surface area contributed by atoms with E-state index in [0.717, 1.165) is 4.68 Å². The number of aromatic nitrogens is 2. The molecule has 7 nitrogen and oxygen atoms in total. The molecular formula is C16H10ClN3O4. The zero-order valence-corrected chi connectivity index (χ0v) is 12.9. The molecule has 0 radical (unpaired) electrons. The summed E-state index contributed by atoms with van der Waals surface area (Å²) in [6.45, 7) is 0. The van der Waals surface area contributed by atoms with Crippen molar-refractivity contribution in [3.8, 4) is 16.9 Å². The number of nitrogens with zero attached hydrogens (tertiary/aromatic N) is 2. The Hall–Kier alpha value is -3.19. The molecule has 0 aliphatic heterocycles. The van der Waals surface area contributed by atoms with Gasteiger partial charge in [0, 0.05) is 11.1 Å². The largest absolute Gasteiger partial charge is 0.298 e. The summed E-state index contributed by atoms with van der Waals surface area (Å²) in [6.07, 6.45) is 0.386. The Morgan fingerprint density at radius 2 is 1.79 bits per heavy atom. The zero-order valence-electron chi connectivity index (χ0n) is 12.1. The number of hydrogen-bond donors (Lipinski definition) is 1. The maximum absolute atomic E-state index is 12.5. The van der Waals surface area contributed by atoms with Crippen LogP contribution in [0.4, 0.5) is 5.69 Å². The number of H-pyrrole nitrogens is 1. The van der Waals surface area contributed by atoms with Crippen molar-refractivity contribution in [2.24, 2.45) is 0 Å². The van der Waals surface area contributed by atoms with Crippen molar-refractivity contribution in [3.05, 3.63) is 79.6 Å². The third-order valence-electron chi connectivity index (χ3n) is 3.50. The van der Waals surface area contributed by atoms with E-state index in [-0.39, 0.29) is 22.5 Å². The second-order valence-corrected chi connectivity index (χ2v) is 5.35. The van der Waals surface area contributed by atoms with E-state index in [9.17, 15) is 19.7 Å². The van der Waals surface area contributed by atoms with E-state index in [2.05, 4.69) is 5.10 Å². The number of nitro benzene ring substituents is 1. The molecule has 3 aromatic rings. The van der Waals surface area contributed by atoms with E-state index >= 15 is 0 Å². The predicted molar refractivity (Wildman–Crippen MR) is 88.9 cm³/mol. The Balaban J connectivity index is 2.26. The van der Waals surface area contributed by atoms with E-state index in [1.54, 1.807) is 30.3 Å². The van der Waals surface area contributed by atoms with Crippen LogP contribution < -0.4 is 5.56 Å². The van der Waals surface area contributed by atoms with Gasteiger partial charge in [-0.05, 0) is 30.3 Å². The monoisotopic (exact) mass is 343 g/mol. The average molecular weight is 344 g/mol. The van der Waals surface area contributed by atoms with Crippen LogP contribution in [0.1, 0.15) is 10.4 Å². The van der Waals surface area contributed by atoms with Crippen molar-refractivity contribution in [2.75, 3.05) is 0 Å². The fraction of sp³-hybridized carbons (Fsp3) is 0. The molecule has 0 atom stereocenters. The quantitative estimate of drug-likeness (QED) is 0.446. The molecule has 24 heavy (non-hydrogen) atoms. The lowest BCUT2D eigenvalue weighted by atomic mass is 10.1. The smallest absolute Gasteiger partial charge is 0.282 e. The fourth-order valence-corrected chi connectivity index (χ4v) is 2.51. The van der Waals surface area contributed by atoms with Crippen LogP contribution in [-0.4, -0.2) is 21.0 Å². The zero-order chi connectivity index (χ0) is 17.3. The number of aldehydes is 1. The molecule has 0 saturated carbocycles. The summed E-state index contributed by atoms with van der Waals surface area (Å²) in [4.78, 5) is 34.5. The molecule has 0 amide bonds. The normalized spacial score (nSPS) is 10.5. The van der Waals surface area contributed by atoms with Crippen molar-refractivity contribution in [1.29, 1.82) is 0 Å². The minimum Gasteiger partial charge on any atom is -0.298 e. The predicted octanol–water partition coefficient (Wildman–Crippen LogP) is 3.21. The van der Waals surface area contributed by atoms with E-state index in [1.807, 2.05) is 0 Å². The minimum atomic E-state index is -0.597. The Bertz CT molecular complexity index is 989. The molecule has 1 aromatic heterocycles. The topological polar surface area (TPSA) is 98.0 Å². The number of aromatic amines is 1. The number of hydrogen-bond acceptors (Lipinski definition) is 4. The molecular weight excluding hydrogens is 334 g/mol. The third kappa shape index (κ3) is 2.61. The lowest BCUT2D eigenvalue weighted by Crippen LogP contribution is -2.16. The summed E-state index contributed by atoms with van der Waals surface area (Å²) in [5.41, 5.74) is -0.270. The van der Waals surface area contributed by atoms with Gasteiger partial charge in [-0.15, -0.1) is 0 Å². The van der Waals surface area contributed by atoms with Crippen LogP contribution >= 0.6 is 11.6 Å². The SMILES string of the molecule is O=Cc1c(-c2ccccc2[N+](=O)[O-])[nH]n(-c2ccc(Cl)cc2)c1=O. The second-order valence-electron chi connectivity index (χ2n) is 4.91. The standard InChI is InChI=1S/C16H10ClN3O4/c17-10-5-7-11(8-6-10)19-16(22)13(9-21)15(18-19)12-3-1-2-4-14(12)20(23)24/h1-9,18H. The number of para-hydroxylation sites is 1. The van der Waals surface area contributed by atoms with Gasteiger partial charge in [0.05, 0.1) is 21.9 Å². The molecule has 2 aromatic carbocycles. The molecule has 0 saturated heterocycles. The summed E-state index contributed by atoms with van der Waals surface area (Å²) in [5, 5.41) is 14.5. The first-order valence-corrected chi connectivity index (χ1v) is 7.20. The van der Waals surface area contributed by atoms with Crippen molar-refractivity contribution in [3.63, 3.8) is 0 Å². The Morgan fingerprint density at radius 3 is 2.42 bits per heavy atom. The lowest BCUT2D eigenvalue weighted by Gasteiger charge is -2.03. The van der Waals surface area contributed by atoms with Gasteiger partial charge >= 0.3 is 0 Å². The molecule has 0 aliphatic rings. The molecule has 3 rings (SSSR count). The molecule has 0 bridgehead atoms. The van der Waals surface area contributed by atoms with E-state index in [4.69, 9.17) is 11.6 Å². The average Bonchev–Trinajstić information content (AvgIpc) is 2.92. The first-order chi connectivity index (χ1) is 11.5. The van der Waals surface area contributed by atoms with E-state index in [0.29, 0.717) is 17.0 Å². The summed E-state index contributed by atoms with van der Waals surface area (Å²) >= 11 is 5.83. The van der Waals surface area contributed by atoms with Gasteiger partial charge in [-0.1, -0.05) is 23.7 Å². The van der Waals surface area contributed by atoms with Crippen LogP contribution in [0.15, 0.2) is 53.3 Å². The summed E-state index contributed by atoms with van der Waals surface area (Å²) in [6, 6.07) is 12.3. The van der Waals surface area contributed by atoms with Crippen LogP contribution in [-0.2, 0) is 0 Å². The van der Waals surface area contributed by atoms with Gasteiger partial charge in [-0.2, -0.15) is 0 Å². The molecule has 120 valence electrons. The molecule has 1 heterocycles. The number of halogens is 1. The first-order valence-electron chi connectivity index (χ1n) is 6.83. The van der Waals surface area contributed by atoms with Crippen LogP contribution in [0.5, 0.6) is 0 Å². The van der Waals surface area contributed by atoms with E-state index < -0.39 is 10.5 Å². The first kappa shape index (κ1) is 15.7. The number of carbonyl (C=O) groups is 1. The van der Waals surface area contributed by atoms with Crippen LogP contribution in [0, 0.1) is 10.1 Å². The van der Waals surface area contributed by atoms with E-state index in [1.165, 1.54) is 18.2 Å². The Morgan fingerprint density at radius 1 is 1.12 bits per heavy atom. The molecule has 8 heteroatoms. The maximum Gasteiger partial charge on any atom is 0.282 e. The van der Waals surface area contributed by atoms with Crippen LogP contribution in [0.2, 0.25) is 5.02 Å².